The van der Waals surface area contributed by atoms with Gasteiger partial charge in [0.2, 0.25) is 5.91 Å². The van der Waals surface area contributed by atoms with Crippen LogP contribution in [0.1, 0.15) is 6.92 Å². The average molecular weight is 296 g/mol. The lowest BCUT2D eigenvalue weighted by Crippen LogP contribution is -2.51. The van der Waals surface area contributed by atoms with Gasteiger partial charge in [-0.3, -0.25) is 19.8 Å². The molecule has 1 aromatic rings. The Hall–Kier alpha value is -2.06. The van der Waals surface area contributed by atoms with Crippen molar-refractivity contribution in [2.24, 2.45) is 0 Å². The molecule has 2 rings (SSSR count). The van der Waals surface area contributed by atoms with E-state index in [1.165, 1.54) is 6.07 Å². The van der Waals surface area contributed by atoms with Crippen molar-refractivity contribution in [1.29, 1.82) is 0 Å². The standard InChI is InChI=1S/C13H17FN4O3/c1-9(17-6-4-15-5-7-17)13(19)16-12-3-2-10(18(20)21)8-11(12)14/h2-3,8-9,15H,4-7H2,1H3,(H,16,19). The van der Waals surface area contributed by atoms with Gasteiger partial charge in [-0.1, -0.05) is 0 Å². The maximum atomic E-state index is 13.7. The Balaban J connectivity index is 2.03. The highest BCUT2D eigenvalue weighted by Gasteiger charge is 2.23. The van der Waals surface area contributed by atoms with E-state index in [0.29, 0.717) is 0 Å². The Morgan fingerprint density at radius 2 is 2.14 bits per heavy atom. The zero-order valence-electron chi connectivity index (χ0n) is 11.6. The minimum absolute atomic E-state index is 0.0485. The Kier molecular flexibility index (Phi) is 4.81. The number of benzene rings is 1. The lowest BCUT2D eigenvalue weighted by molar-refractivity contribution is -0.385. The molecular weight excluding hydrogens is 279 g/mol. The zero-order valence-corrected chi connectivity index (χ0v) is 11.6. The van der Waals surface area contributed by atoms with Gasteiger partial charge in [0.15, 0.2) is 5.82 Å². The van der Waals surface area contributed by atoms with Crippen molar-refractivity contribution in [3.05, 3.63) is 34.1 Å². The molecule has 1 aliphatic rings. The van der Waals surface area contributed by atoms with Crippen molar-refractivity contribution in [2.45, 2.75) is 13.0 Å². The number of nitro benzene ring substituents is 1. The number of hydrogen-bond donors (Lipinski definition) is 2. The van der Waals surface area contributed by atoms with E-state index in [0.717, 1.165) is 38.3 Å². The number of nitrogens with one attached hydrogen (secondary N) is 2. The molecule has 1 saturated heterocycles. The molecule has 1 amide bonds. The van der Waals surface area contributed by atoms with E-state index < -0.39 is 10.7 Å². The van der Waals surface area contributed by atoms with Crippen molar-refractivity contribution < 1.29 is 14.1 Å². The maximum Gasteiger partial charge on any atom is 0.272 e. The number of anilines is 1. The molecule has 114 valence electrons. The van der Waals surface area contributed by atoms with Crippen LogP contribution in [-0.4, -0.2) is 48.0 Å². The number of rotatable bonds is 4. The molecule has 2 N–H and O–H groups in total. The number of piperazine rings is 1. The largest absolute Gasteiger partial charge is 0.322 e. The van der Waals surface area contributed by atoms with Gasteiger partial charge < -0.3 is 10.6 Å². The van der Waals surface area contributed by atoms with Gasteiger partial charge in [-0.05, 0) is 13.0 Å². The fourth-order valence-electron chi connectivity index (χ4n) is 2.19. The van der Waals surface area contributed by atoms with Gasteiger partial charge >= 0.3 is 0 Å². The summed E-state index contributed by atoms with van der Waals surface area (Å²) in [4.78, 5) is 24.0. The molecule has 0 aliphatic carbocycles. The molecule has 0 saturated carbocycles. The second-order valence-corrected chi connectivity index (χ2v) is 4.87. The number of hydrogen-bond acceptors (Lipinski definition) is 5. The van der Waals surface area contributed by atoms with Crippen LogP contribution in [0.5, 0.6) is 0 Å². The van der Waals surface area contributed by atoms with Crippen LogP contribution in [0.25, 0.3) is 0 Å². The fraction of sp³-hybridized carbons (Fsp3) is 0.462. The van der Waals surface area contributed by atoms with Crippen LogP contribution in [0, 0.1) is 15.9 Å². The monoisotopic (exact) mass is 296 g/mol. The van der Waals surface area contributed by atoms with Crippen LogP contribution in [-0.2, 0) is 4.79 Å². The summed E-state index contributed by atoms with van der Waals surface area (Å²) in [6.45, 7) is 4.87. The first-order chi connectivity index (χ1) is 9.99. The maximum absolute atomic E-state index is 13.7. The molecule has 1 aliphatic heterocycles. The predicted octanol–water partition coefficient (Wildman–Crippen LogP) is 0.966. The molecule has 0 aromatic heterocycles. The summed E-state index contributed by atoms with van der Waals surface area (Å²) in [5.41, 5.74) is -0.395. The SMILES string of the molecule is CC(C(=O)Nc1ccc([N+](=O)[O-])cc1F)N1CCNCC1. The molecule has 1 atom stereocenters. The van der Waals surface area contributed by atoms with Gasteiger partial charge in [-0.25, -0.2) is 4.39 Å². The van der Waals surface area contributed by atoms with Gasteiger partial charge in [0, 0.05) is 32.2 Å². The quantitative estimate of drug-likeness (QED) is 0.638. The van der Waals surface area contributed by atoms with E-state index in [4.69, 9.17) is 0 Å². The highest BCUT2D eigenvalue weighted by atomic mass is 19.1. The lowest BCUT2D eigenvalue weighted by atomic mass is 10.2. The second kappa shape index (κ2) is 6.59. The van der Waals surface area contributed by atoms with E-state index in [-0.39, 0.29) is 23.3 Å². The third-order valence-electron chi connectivity index (χ3n) is 3.50. The lowest BCUT2D eigenvalue weighted by Gasteiger charge is -2.31. The molecule has 1 aromatic carbocycles. The molecular formula is C13H17FN4O3. The molecule has 8 heteroatoms. The number of amides is 1. The van der Waals surface area contributed by atoms with E-state index in [9.17, 15) is 19.3 Å². The first-order valence-electron chi connectivity index (χ1n) is 6.68. The summed E-state index contributed by atoms with van der Waals surface area (Å²) in [6, 6.07) is 2.77. The summed E-state index contributed by atoms with van der Waals surface area (Å²) >= 11 is 0. The van der Waals surface area contributed by atoms with Crippen LogP contribution < -0.4 is 10.6 Å². The Morgan fingerprint density at radius 1 is 1.48 bits per heavy atom. The minimum atomic E-state index is -0.815. The van der Waals surface area contributed by atoms with E-state index in [2.05, 4.69) is 10.6 Å². The molecule has 1 heterocycles. The highest BCUT2D eigenvalue weighted by molar-refractivity contribution is 5.94. The first kappa shape index (κ1) is 15.3. The van der Waals surface area contributed by atoms with Crippen LogP contribution in [0.4, 0.5) is 15.8 Å². The van der Waals surface area contributed by atoms with E-state index in [1.807, 2.05) is 4.90 Å². The van der Waals surface area contributed by atoms with Crippen LogP contribution in [0.2, 0.25) is 0 Å². The number of nitro groups is 1. The molecule has 1 fully saturated rings. The van der Waals surface area contributed by atoms with Crippen molar-refractivity contribution >= 4 is 17.3 Å². The molecule has 0 bridgehead atoms. The molecule has 1 unspecified atom stereocenters. The number of non-ortho nitro benzene ring substituents is 1. The second-order valence-electron chi connectivity index (χ2n) is 4.87. The van der Waals surface area contributed by atoms with E-state index in [1.54, 1.807) is 6.92 Å². The Bertz CT molecular complexity index is 546. The zero-order chi connectivity index (χ0) is 15.4. The summed E-state index contributed by atoms with van der Waals surface area (Å²) in [5.74, 6) is -1.14. The topological polar surface area (TPSA) is 87.5 Å². The van der Waals surface area contributed by atoms with Gasteiger partial charge in [-0.15, -0.1) is 0 Å². The molecule has 0 radical (unpaired) electrons. The van der Waals surface area contributed by atoms with Crippen molar-refractivity contribution in [3.8, 4) is 0 Å². The summed E-state index contributed by atoms with van der Waals surface area (Å²) < 4.78 is 13.7. The summed E-state index contributed by atoms with van der Waals surface area (Å²) in [6.07, 6.45) is 0. The third kappa shape index (κ3) is 3.73. The van der Waals surface area contributed by atoms with Crippen LogP contribution in [0.3, 0.4) is 0 Å². The third-order valence-corrected chi connectivity index (χ3v) is 3.50. The first-order valence-corrected chi connectivity index (χ1v) is 6.68. The van der Waals surface area contributed by atoms with Crippen molar-refractivity contribution in [2.75, 3.05) is 31.5 Å². The van der Waals surface area contributed by atoms with Gasteiger partial charge in [0.05, 0.1) is 22.7 Å². The number of halogens is 1. The number of nitrogens with zero attached hydrogens (tertiary/aromatic N) is 2. The molecule has 0 spiro atoms. The van der Waals surface area contributed by atoms with Gasteiger partial charge in [0.1, 0.15) is 0 Å². The normalized spacial score (nSPS) is 17.2. The Morgan fingerprint density at radius 3 is 2.71 bits per heavy atom. The molecule has 21 heavy (non-hydrogen) atoms. The number of carbonyl (C=O) groups is 1. The van der Waals surface area contributed by atoms with Crippen molar-refractivity contribution in [1.82, 2.24) is 10.2 Å². The smallest absolute Gasteiger partial charge is 0.272 e. The predicted molar refractivity (Wildman–Crippen MR) is 75.6 cm³/mol. The summed E-state index contributed by atoms with van der Waals surface area (Å²) in [7, 11) is 0. The minimum Gasteiger partial charge on any atom is -0.322 e. The van der Waals surface area contributed by atoms with Gasteiger partial charge in [-0.2, -0.15) is 0 Å². The highest BCUT2D eigenvalue weighted by Crippen LogP contribution is 2.20. The summed E-state index contributed by atoms with van der Waals surface area (Å²) in [5, 5.41) is 16.2. The number of carbonyl (C=O) groups excluding carboxylic acids is 1. The van der Waals surface area contributed by atoms with Crippen molar-refractivity contribution in [3.63, 3.8) is 0 Å². The Labute approximate surface area is 121 Å². The van der Waals surface area contributed by atoms with E-state index >= 15 is 0 Å². The average Bonchev–Trinajstić information content (AvgIpc) is 2.49. The van der Waals surface area contributed by atoms with Crippen LogP contribution >= 0.6 is 0 Å². The fourth-order valence-corrected chi connectivity index (χ4v) is 2.19. The molecule has 7 nitrogen and oxygen atoms in total. The van der Waals surface area contributed by atoms with Crippen LogP contribution in [0.15, 0.2) is 18.2 Å². The van der Waals surface area contributed by atoms with Gasteiger partial charge in [0.25, 0.3) is 5.69 Å².